The Kier molecular flexibility index (Phi) is 4.74. The Bertz CT molecular complexity index is 336. The maximum Gasteiger partial charge on any atom is 0.401 e. The van der Waals surface area contributed by atoms with Crippen molar-refractivity contribution in [2.45, 2.75) is 19.2 Å². The third-order valence-electron chi connectivity index (χ3n) is 1.91. The normalized spacial score (nSPS) is 13.5. The van der Waals surface area contributed by atoms with Crippen molar-refractivity contribution in [2.75, 3.05) is 13.1 Å². The summed E-state index contributed by atoms with van der Waals surface area (Å²) in [7, 11) is 0. The van der Waals surface area contributed by atoms with Crippen LogP contribution in [0, 0.1) is 5.82 Å². The highest BCUT2D eigenvalue weighted by Gasteiger charge is 2.26. The molecule has 17 heavy (non-hydrogen) atoms. The highest BCUT2D eigenvalue weighted by molar-refractivity contribution is 5.22. The minimum Gasteiger partial charge on any atom is -0.489 e. The highest BCUT2D eigenvalue weighted by Crippen LogP contribution is 2.14. The quantitative estimate of drug-likeness (QED) is 0.812. The molecule has 0 fully saturated rings. The Morgan fingerprint density at radius 3 is 2.35 bits per heavy atom. The predicted molar refractivity (Wildman–Crippen MR) is 55.4 cm³/mol. The SMILES string of the molecule is CC(CNCC(F)(F)F)Oc1ccc(F)cc1. The molecule has 6 heteroatoms. The maximum atomic E-state index is 12.6. The van der Waals surface area contributed by atoms with Gasteiger partial charge in [-0.2, -0.15) is 13.2 Å². The largest absolute Gasteiger partial charge is 0.489 e. The number of halogens is 4. The second-order valence-electron chi connectivity index (χ2n) is 3.63. The van der Waals surface area contributed by atoms with Gasteiger partial charge in [-0.05, 0) is 31.2 Å². The first-order valence-corrected chi connectivity index (χ1v) is 5.06. The summed E-state index contributed by atoms with van der Waals surface area (Å²) in [5, 5.41) is 2.23. The molecule has 0 aliphatic heterocycles. The second kappa shape index (κ2) is 5.86. The molecule has 0 spiro atoms. The van der Waals surface area contributed by atoms with Crippen molar-refractivity contribution >= 4 is 0 Å². The van der Waals surface area contributed by atoms with Crippen LogP contribution in [0.25, 0.3) is 0 Å². The van der Waals surface area contributed by atoms with Gasteiger partial charge in [-0.3, -0.25) is 0 Å². The van der Waals surface area contributed by atoms with Crippen LogP contribution in [0.4, 0.5) is 17.6 Å². The Labute approximate surface area is 96.6 Å². The van der Waals surface area contributed by atoms with E-state index in [2.05, 4.69) is 5.32 Å². The summed E-state index contributed by atoms with van der Waals surface area (Å²) in [4.78, 5) is 0. The summed E-state index contributed by atoms with van der Waals surface area (Å²) >= 11 is 0. The summed E-state index contributed by atoms with van der Waals surface area (Å²) in [5.41, 5.74) is 0. The molecule has 0 aromatic heterocycles. The molecule has 0 bridgehead atoms. The topological polar surface area (TPSA) is 21.3 Å². The van der Waals surface area contributed by atoms with Gasteiger partial charge < -0.3 is 10.1 Å². The number of hydrogen-bond donors (Lipinski definition) is 1. The molecular weight excluding hydrogens is 238 g/mol. The summed E-state index contributed by atoms with van der Waals surface area (Å²) in [6.45, 7) is 0.647. The van der Waals surface area contributed by atoms with Crippen LogP contribution >= 0.6 is 0 Å². The minimum atomic E-state index is -4.23. The minimum absolute atomic E-state index is 0.0664. The molecule has 1 N–H and O–H groups in total. The van der Waals surface area contributed by atoms with Gasteiger partial charge in [-0.1, -0.05) is 0 Å². The lowest BCUT2D eigenvalue weighted by molar-refractivity contribution is -0.125. The summed E-state index contributed by atoms with van der Waals surface area (Å²) in [5.74, 6) is 0.0351. The average molecular weight is 251 g/mol. The number of benzene rings is 1. The number of nitrogens with one attached hydrogen (secondary N) is 1. The van der Waals surface area contributed by atoms with Crippen molar-refractivity contribution in [3.8, 4) is 5.75 Å². The summed E-state index contributed by atoms with van der Waals surface area (Å²) < 4.78 is 53.3. The van der Waals surface area contributed by atoms with Gasteiger partial charge in [0.05, 0.1) is 6.54 Å². The molecule has 1 atom stereocenters. The van der Waals surface area contributed by atoms with E-state index >= 15 is 0 Å². The molecule has 1 rings (SSSR count). The molecule has 0 aliphatic rings. The standard InChI is InChI=1S/C11H13F4NO/c1-8(6-16-7-11(13,14)15)17-10-4-2-9(12)3-5-10/h2-5,8,16H,6-7H2,1H3. The lowest BCUT2D eigenvalue weighted by Gasteiger charge is -2.16. The van der Waals surface area contributed by atoms with Crippen LogP contribution < -0.4 is 10.1 Å². The highest BCUT2D eigenvalue weighted by atomic mass is 19.4. The van der Waals surface area contributed by atoms with Gasteiger partial charge in [-0.15, -0.1) is 0 Å². The van der Waals surface area contributed by atoms with E-state index in [1.807, 2.05) is 0 Å². The van der Waals surface area contributed by atoms with Crippen molar-refractivity contribution in [3.05, 3.63) is 30.1 Å². The lowest BCUT2D eigenvalue weighted by Crippen LogP contribution is -2.35. The van der Waals surface area contributed by atoms with Crippen LogP contribution in [0.15, 0.2) is 24.3 Å². The molecule has 0 saturated heterocycles. The number of alkyl halides is 3. The van der Waals surface area contributed by atoms with Gasteiger partial charge >= 0.3 is 6.18 Å². The maximum absolute atomic E-state index is 12.6. The van der Waals surface area contributed by atoms with Gasteiger partial charge in [0.15, 0.2) is 0 Å². The Morgan fingerprint density at radius 1 is 1.24 bits per heavy atom. The molecule has 1 aromatic rings. The van der Waals surface area contributed by atoms with Crippen LogP contribution in [-0.4, -0.2) is 25.4 Å². The van der Waals surface area contributed by atoms with Crippen molar-refractivity contribution in [3.63, 3.8) is 0 Å². The first-order chi connectivity index (χ1) is 7.87. The first-order valence-electron chi connectivity index (χ1n) is 5.06. The summed E-state index contributed by atoms with van der Waals surface area (Å²) in [6.07, 6.45) is -4.65. The van der Waals surface area contributed by atoms with Crippen molar-refractivity contribution in [2.24, 2.45) is 0 Å². The average Bonchev–Trinajstić information content (AvgIpc) is 2.19. The van der Waals surface area contributed by atoms with Crippen LogP contribution in [0.2, 0.25) is 0 Å². The third-order valence-corrected chi connectivity index (χ3v) is 1.91. The van der Waals surface area contributed by atoms with Gasteiger partial charge in [-0.25, -0.2) is 4.39 Å². The van der Waals surface area contributed by atoms with E-state index in [0.717, 1.165) is 0 Å². The number of hydrogen-bond acceptors (Lipinski definition) is 2. The Hall–Kier alpha value is -1.30. The van der Waals surface area contributed by atoms with Gasteiger partial charge in [0, 0.05) is 6.54 Å². The zero-order valence-corrected chi connectivity index (χ0v) is 9.22. The Balaban J connectivity index is 2.30. The van der Waals surface area contributed by atoms with E-state index in [4.69, 9.17) is 4.74 Å². The molecule has 96 valence electrons. The van der Waals surface area contributed by atoms with E-state index < -0.39 is 18.8 Å². The fourth-order valence-electron chi connectivity index (χ4n) is 1.20. The molecule has 0 radical (unpaired) electrons. The van der Waals surface area contributed by atoms with Crippen molar-refractivity contribution in [1.82, 2.24) is 5.32 Å². The molecule has 0 aliphatic carbocycles. The molecule has 0 heterocycles. The van der Waals surface area contributed by atoms with E-state index in [1.165, 1.54) is 24.3 Å². The van der Waals surface area contributed by atoms with Crippen LogP contribution in [0.5, 0.6) is 5.75 Å². The van der Waals surface area contributed by atoms with E-state index in [9.17, 15) is 17.6 Å². The monoisotopic (exact) mass is 251 g/mol. The fraction of sp³-hybridized carbons (Fsp3) is 0.455. The lowest BCUT2D eigenvalue weighted by atomic mass is 10.3. The van der Waals surface area contributed by atoms with Gasteiger partial charge in [0.25, 0.3) is 0 Å². The van der Waals surface area contributed by atoms with Gasteiger partial charge in [0.2, 0.25) is 0 Å². The van der Waals surface area contributed by atoms with Crippen LogP contribution in [0.1, 0.15) is 6.92 Å². The number of rotatable bonds is 5. The summed E-state index contributed by atoms with van der Waals surface area (Å²) in [6, 6.07) is 5.31. The van der Waals surface area contributed by atoms with E-state index in [1.54, 1.807) is 6.92 Å². The van der Waals surface area contributed by atoms with E-state index in [-0.39, 0.29) is 12.4 Å². The molecule has 0 saturated carbocycles. The molecular formula is C11H13F4NO. The number of ether oxygens (including phenoxy) is 1. The Morgan fingerprint density at radius 2 is 1.82 bits per heavy atom. The molecule has 2 nitrogen and oxygen atoms in total. The van der Waals surface area contributed by atoms with Crippen LogP contribution in [-0.2, 0) is 0 Å². The second-order valence-corrected chi connectivity index (χ2v) is 3.63. The molecule has 1 unspecified atom stereocenters. The van der Waals surface area contributed by atoms with Crippen molar-refractivity contribution in [1.29, 1.82) is 0 Å². The van der Waals surface area contributed by atoms with Crippen LogP contribution in [0.3, 0.4) is 0 Å². The smallest absolute Gasteiger partial charge is 0.401 e. The van der Waals surface area contributed by atoms with Gasteiger partial charge in [0.1, 0.15) is 17.7 Å². The third kappa shape index (κ3) is 6.11. The van der Waals surface area contributed by atoms with E-state index in [0.29, 0.717) is 5.75 Å². The zero-order valence-electron chi connectivity index (χ0n) is 9.22. The first kappa shape index (κ1) is 13.8. The molecule has 1 aromatic carbocycles. The fourth-order valence-corrected chi connectivity index (χ4v) is 1.20. The molecule has 0 amide bonds. The zero-order chi connectivity index (χ0) is 12.9. The predicted octanol–water partition coefficient (Wildman–Crippen LogP) is 2.74. The van der Waals surface area contributed by atoms with Crippen molar-refractivity contribution < 1.29 is 22.3 Å².